The lowest BCUT2D eigenvalue weighted by Gasteiger charge is -2.36. The molecule has 0 spiro atoms. The summed E-state index contributed by atoms with van der Waals surface area (Å²) in [5.74, 6) is 0.989. The van der Waals surface area contributed by atoms with Crippen molar-refractivity contribution in [3.05, 3.63) is 65.0 Å². The molecule has 1 fully saturated rings. The van der Waals surface area contributed by atoms with E-state index in [1.807, 2.05) is 29.2 Å². The van der Waals surface area contributed by atoms with Crippen LogP contribution in [0.3, 0.4) is 0 Å². The highest BCUT2D eigenvalue weighted by atomic mass is 16.5. The van der Waals surface area contributed by atoms with E-state index in [2.05, 4.69) is 4.90 Å². The van der Waals surface area contributed by atoms with Crippen LogP contribution in [0.4, 0.5) is 5.69 Å². The number of benzene rings is 2. The molecule has 0 radical (unpaired) electrons. The maximum absolute atomic E-state index is 12.5. The third kappa shape index (κ3) is 4.56. The first-order valence-electron chi connectivity index (χ1n) is 10.1. The lowest BCUT2D eigenvalue weighted by molar-refractivity contribution is -0.131. The fraction of sp³-hybridized carbons (Fsp3) is 0.304. The van der Waals surface area contributed by atoms with E-state index >= 15 is 0 Å². The standard InChI is InChI=1S/C23H24N2O5/c26-20-5-2-1-4-19(20)24-11-13-25(14-12-24)22(27)6-3-15-29-18-9-7-17-8-10-23(28)30-21(17)16-18/h1-2,4-5,7-10,16,26H,3,6,11-15H2. The van der Waals surface area contributed by atoms with Gasteiger partial charge in [0.25, 0.3) is 0 Å². The van der Waals surface area contributed by atoms with Crippen LogP contribution in [0, 0.1) is 0 Å². The van der Waals surface area contributed by atoms with Crippen molar-refractivity contribution in [1.82, 2.24) is 4.90 Å². The first-order valence-corrected chi connectivity index (χ1v) is 10.1. The molecule has 0 aliphatic carbocycles. The van der Waals surface area contributed by atoms with Crippen molar-refractivity contribution >= 4 is 22.6 Å². The third-order valence-corrected chi connectivity index (χ3v) is 5.25. The number of para-hydroxylation sites is 2. The van der Waals surface area contributed by atoms with Crippen molar-refractivity contribution in [3.63, 3.8) is 0 Å². The van der Waals surface area contributed by atoms with E-state index in [1.54, 1.807) is 24.3 Å². The minimum atomic E-state index is -0.396. The van der Waals surface area contributed by atoms with Gasteiger partial charge in [0.2, 0.25) is 5.91 Å². The zero-order chi connectivity index (χ0) is 20.9. The van der Waals surface area contributed by atoms with Crippen molar-refractivity contribution in [3.8, 4) is 11.5 Å². The topological polar surface area (TPSA) is 83.2 Å². The van der Waals surface area contributed by atoms with Crippen LogP contribution >= 0.6 is 0 Å². The fourth-order valence-corrected chi connectivity index (χ4v) is 3.63. The summed E-state index contributed by atoms with van der Waals surface area (Å²) in [5.41, 5.74) is 0.899. The maximum Gasteiger partial charge on any atom is 0.336 e. The number of hydrogen-bond acceptors (Lipinski definition) is 6. The van der Waals surface area contributed by atoms with E-state index in [0.29, 0.717) is 57.0 Å². The molecule has 30 heavy (non-hydrogen) atoms. The van der Waals surface area contributed by atoms with Crippen LogP contribution in [0.25, 0.3) is 11.0 Å². The number of phenols is 1. The molecule has 1 aliphatic heterocycles. The van der Waals surface area contributed by atoms with Crippen LogP contribution in [0.5, 0.6) is 11.5 Å². The van der Waals surface area contributed by atoms with Crippen molar-refractivity contribution < 1.29 is 19.1 Å². The Morgan fingerprint density at radius 3 is 2.60 bits per heavy atom. The number of nitrogens with zero attached hydrogens (tertiary/aromatic N) is 2. The molecular formula is C23H24N2O5. The Morgan fingerprint density at radius 2 is 1.80 bits per heavy atom. The number of phenolic OH excluding ortho intramolecular Hbond substituents is 1. The molecule has 0 saturated carbocycles. The van der Waals surface area contributed by atoms with Gasteiger partial charge in [-0.05, 0) is 36.8 Å². The molecule has 0 unspecified atom stereocenters. The number of aromatic hydroxyl groups is 1. The van der Waals surface area contributed by atoms with Gasteiger partial charge >= 0.3 is 5.63 Å². The van der Waals surface area contributed by atoms with Crippen molar-refractivity contribution in [2.45, 2.75) is 12.8 Å². The van der Waals surface area contributed by atoms with Gasteiger partial charge in [-0.3, -0.25) is 4.79 Å². The molecule has 1 N–H and O–H groups in total. The molecule has 3 aromatic rings. The predicted octanol–water partition coefficient (Wildman–Crippen LogP) is 3.01. The van der Waals surface area contributed by atoms with Gasteiger partial charge < -0.3 is 24.1 Å². The number of carbonyl (C=O) groups is 1. The largest absolute Gasteiger partial charge is 0.506 e. The van der Waals surface area contributed by atoms with Gasteiger partial charge in [-0.1, -0.05) is 12.1 Å². The lowest BCUT2D eigenvalue weighted by Crippen LogP contribution is -2.48. The van der Waals surface area contributed by atoms with Crippen LogP contribution in [0.15, 0.2) is 63.8 Å². The first kappa shape index (κ1) is 19.8. The van der Waals surface area contributed by atoms with Crippen molar-refractivity contribution in [1.29, 1.82) is 0 Å². The normalized spacial score (nSPS) is 14.1. The highest BCUT2D eigenvalue weighted by molar-refractivity contribution is 5.78. The van der Waals surface area contributed by atoms with Crippen LogP contribution in [0.2, 0.25) is 0 Å². The average Bonchev–Trinajstić information content (AvgIpc) is 2.77. The molecule has 156 valence electrons. The van der Waals surface area contributed by atoms with Gasteiger partial charge in [0, 0.05) is 50.1 Å². The van der Waals surface area contributed by atoms with Crippen molar-refractivity contribution in [2.75, 3.05) is 37.7 Å². The first-order chi connectivity index (χ1) is 14.6. The minimum absolute atomic E-state index is 0.111. The second-order valence-corrected chi connectivity index (χ2v) is 7.26. The van der Waals surface area contributed by atoms with Gasteiger partial charge in [-0.2, -0.15) is 0 Å². The Morgan fingerprint density at radius 1 is 1.03 bits per heavy atom. The number of fused-ring (bicyclic) bond motifs is 1. The van der Waals surface area contributed by atoms with Gasteiger partial charge in [0.15, 0.2) is 0 Å². The Bertz CT molecular complexity index is 1090. The molecular weight excluding hydrogens is 384 g/mol. The summed E-state index contributed by atoms with van der Waals surface area (Å²) >= 11 is 0. The number of ether oxygens (including phenoxy) is 1. The van der Waals surface area contributed by atoms with Gasteiger partial charge in [-0.25, -0.2) is 4.79 Å². The van der Waals surface area contributed by atoms with E-state index in [0.717, 1.165) is 11.1 Å². The summed E-state index contributed by atoms with van der Waals surface area (Å²) in [6.45, 7) is 3.08. The van der Waals surface area contributed by atoms with E-state index < -0.39 is 5.63 Å². The Hall–Kier alpha value is -3.48. The molecule has 0 bridgehead atoms. The maximum atomic E-state index is 12.5. The van der Waals surface area contributed by atoms with Crippen LogP contribution in [-0.4, -0.2) is 48.7 Å². The summed E-state index contributed by atoms with van der Waals surface area (Å²) < 4.78 is 10.9. The Kier molecular flexibility index (Phi) is 5.88. The molecule has 2 heterocycles. The van der Waals surface area contributed by atoms with Crippen LogP contribution in [-0.2, 0) is 4.79 Å². The predicted molar refractivity (Wildman–Crippen MR) is 114 cm³/mol. The smallest absolute Gasteiger partial charge is 0.336 e. The molecule has 0 atom stereocenters. The fourth-order valence-electron chi connectivity index (χ4n) is 3.63. The van der Waals surface area contributed by atoms with Crippen LogP contribution in [0.1, 0.15) is 12.8 Å². The second-order valence-electron chi connectivity index (χ2n) is 7.26. The Labute approximate surface area is 174 Å². The third-order valence-electron chi connectivity index (χ3n) is 5.25. The highest BCUT2D eigenvalue weighted by Crippen LogP contribution is 2.27. The van der Waals surface area contributed by atoms with Gasteiger partial charge in [0.1, 0.15) is 17.1 Å². The molecule has 1 aromatic heterocycles. The number of piperazine rings is 1. The molecule has 1 amide bonds. The summed E-state index contributed by atoms with van der Waals surface area (Å²) in [5, 5.41) is 10.8. The zero-order valence-electron chi connectivity index (χ0n) is 16.6. The molecule has 7 heteroatoms. The summed E-state index contributed by atoms with van der Waals surface area (Å²) in [6, 6.07) is 15.7. The SMILES string of the molecule is O=C(CCCOc1ccc2ccc(=O)oc2c1)N1CCN(c2ccccc2O)CC1. The lowest BCUT2D eigenvalue weighted by atomic mass is 10.2. The number of carbonyl (C=O) groups excluding carboxylic acids is 1. The van der Waals surface area contributed by atoms with Crippen molar-refractivity contribution in [2.24, 2.45) is 0 Å². The average molecular weight is 408 g/mol. The number of anilines is 1. The second kappa shape index (κ2) is 8.90. The molecule has 1 saturated heterocycles. The quantitative estimate of drug-likeness (QED) is 0.499. The molecule has 1 aliphatic rings. The summed E-state index contributed by atoms with van der Waals surface area (Å²) in [6.07, 6.45) is 1.02. The minimum Gasteiger partial charge on any atom is -0.506 e. The van der Waals surface area contributed by atoms with E-state index in [-0.39, 0.29) is 11.7 Å². The molecule has 4 rings (SSSR count). The van der Waals surface area contributed by atoms with Gasteiger partial charge in [-0.15, -0.1) is 0 Å². The number of hydrogen-bond donors (Lipinski definition) is 1. The van der Waals surface area contributed by atoms with E-state index in [9.17, 15) is 14.7 Å². The van der Waals surface area contributed by atoms with E-state index in [4.69, 9.17) is 9.15 Å². The molecule has 7 nitrogen and oxygen atoms in total. The molecule has 2 aromatic carbocycles. The Balaban J connectivity index is 1.22. The number of amides is 1. The zero-order valence-corrected chi connectivity index (χ0v) is 16.6. The summed E-state index contributed by atoms with van der Waals surface area (Å²) in [7, 11) is 0. The summed E-state index contributed by atoms with van der Waals surface area (Å²) in [4.78, 5) is 27.8. The van der Waals surface area contributed by atoms with Gasteiger partial charge in [0.05, 0.1) is 12.3 Å². The highest BCUT2D eigenvalue weighted by Gasteiger charge is 2.22. The number of rotatable bonds is 6. The van der Waals surface area contributed by atoms with Crippen LogP contribution < -0.4 is 15.3 Å². The monoisotopic (exact) mass is 408 g/mol. The van der Waals surface area contributed by atoms with E-state index in [1.165, 1.54) is 6.07 Å².